The van der Waals surface area contributed by atoms with E-state index in [-0.39, 0.29) is 23.7 Å². The number of rotatable bonds is 8. The highest BCUT2D eigenvalue weighted by molar-refractivity contribution is 6.02. The van der Waals surface area contributed by atoms with Crippen LogP contribution in [0.4, 0.5) is 0 Å². The first-order valence-electron chi connectivity index (χ1n) is 15.1. The van der Waals surface area contributed by atoms with Crippen LogP contribution in [0.15, 0.2) is 60.8 Å². The van der Waals surface area contributed by atoms with Crippen molar-refractivity contribution in [2.45, 2.75) is 45.6 Å². The van der Waals surface area contributed by atoms with Crippen LogP contribution >= 0.6 is 0 Å². The second-order valence-corrected chi connectivity index (χ2v) is 11.4. The van der Waals surface area contributed by atoms with Gasteiger partial charge in [-0.1, -0.05) is 18.2 Å². The lowest BCUT2D eigenvalue weighted by Gasteiger charge is -2.44. The number of carboxylic acids is 1. The van der Waals surface area contributed by atoms with Crippen LogP contribution < -0.4 is 14.2 Å². The number of aromatic carboxylic acids is 1. The number of nitrogens with zero attached hydrogens (tertiary/aromatic N) is 2. The van der Waals surface area contributed by atoms with E-state index in [0.29, 0.717) is 73.1 Å². The summed E-state index contributed by atoms with van der Waals surface area (Å²) in [5.74, 6) is 0.390. The third-order valence-corrected chi connectivity index (χ3v) is 8.53. The second kappa shape index (κ2) is 12.1. The molecular weight excluding hydrogens is 574 g/mol. The fourth-order valence-corrected chi connectivity index (χ4v) is 6.20. The van der Waals surface area contributed by atoms with Crippen LogP contribution in [0, 0.1) is 6.92 Å². The van der Waals surface area contributed by atoms with E-state index in [1.54, 1.807) is 35.4 Å². The number of carbonyl (C=O) groups excluding carboxylic acids is 2. The SMILES string of the molecule is CCOc1cc(C(=O)N2CCC3(CC2)CC(=O)c2cc(-c4cn[nH]c4C)ccc2O3)cc(OCC)c1-c1ccc(C(=O)O)cc1. The largest absolute Gasteiger partial charge is 0.493 e. The number of ether oxygens (including phenoxy) is 3. The third-order valence-electron chi connectivity index (χ3n) is 8.53. The highest BCUT2D eigenvalue weighted by atomic mass is 16.5. The Morgan fingerprint density at radius 3 is 2.16 bits per heavy atom. The fraction of sp³-hybridized carbons (Fsp3) is 0.314. The lowest BCUT2D eigenvalue weighted by molar-refractivity contribution is -0.00573. The summed E-state index contributed by atoms with van der Waals surface area (Å²) in [5.41, 5.74) is 4.67. The van der Waals surface area contributed by atoms with Gasteiger partial charge in [-0.3, -0.25) is 14.7 Å². The molecule has 0 radical (unpaired) electrons. The van der Waals surface area contributed by atoms with Crippen molar-refractivity contribution in [3.05, 3.63) is 83.2 Å². The number of aryl methyl sites for hydroxylation is 1. The molecule has 1 spiro atoms. The van der Waals surface area contributed by atoms with Gasteiger partial charge in [0, 0.05) is 42.8 Å². The average molecular weight is 610 g/mol. The molecule has 2 aliphatic heterocycles. The lowest BCUT2D eigenvalue weighted by Crippen LogP contribution is -2.52. The minimum absolute atomic E-state index is 0.0358. The van der Waals surface area contributed by atoms with Gasteiger partial charge in [0.2, 0.25) is 0 Å². The first-order valence-corrected chi connectivity index (χ1v) is 15.1. The summed E-state index contributed by atoms with van der Waals surface area (Å²) in [6.45, 7) is 7.26. The first-order chi connectivity index (χ1) is 21.7. The molecule has 10 nitrogen and oxygen atoms in total. The highest BCUT2D eigenvalue weighted by Crippen LogP contribution is 2.43. The summed E-state index contributed by atoms with van der Waals surface area (Å²) in [6.07, 6.45) is 3.06. The van der Waals surface area contributed by atoms with Gasteiger partial charge in [-0.15, -0.1) is 0 Å². The lowest BCUT2D eigenvalue weighted by atomic mass is 9.82. The number of hydrogen-bond donors (Lipinski definition) is 2. The maximum atomic E-state index is 13.8. The molecule has 0 unspecified atom stereocenters. The predicted molar refractivity (Wildman–Crippen MR) is 167 cm³/mol. The summed E-state index contributed by atoms with van der Waals surface area (Å²) in [6, 6.07) is 15.6. The normalized spacial score (nSPS) is 15.4. The van der Waals surface area contributed by atoms with Crippen molar-refractivity contribution in [3.63, 3.8) is 0 Å². The number of H-pyrrole nitrogens is 1. The summed E-state index contributed by atoms with van der Waals surface area (Å²) in [5, 5.41) is 16.3. The summed E-state index contributed by atoms with van der Waals surface area (Å²) in [7, 11) is 0. The zero-order valence-corrected chi connectivity index (χ0v) is 25.5. The van der Waals surface area contributed by atoms with Crippen LogP contribution in [0.2, 0.25) is 0 Å². The van der Waals surface area contributed by atoms with Gasteiger partial charge in [0.25, 0.3) is 5.91 Å². The average Bonchev–Trinajstić information content (AvgIpc) is 3.47. The molecule has 2 N–H and O–H groups in total. The van der Waals surface area contributed by atoms with Gasteiger partial charge in [0.05, 0.1) is 42.5 Å². The van der Waals surface area contributed by atoms with E-state index in [1.165, 1.54) is 12.1 Å². The number of carbonyl (C=O) groups is 3. The summed E-state index contributed by atoms with van der Waals surface area (Å²) in [4.78, 5) is 40.3. The number of carboxylic acid groups (broad SMARTS) is 1. The zero-order chi connectivity index (χ0) is 31.7. The Morgan fingerprint density at radius 2 is 1.58 bits per heavy atom. The number of fused-ring (bicyclic) bond motifs is 1. The number of aromatic nitrogens is 2. The van der Waals surface area contributed by atoms with Crippen molar-refractivity contribution in [1.29, 1.82) is 0 Å². The topological polar surface area (TPSA) is 131 Å². The van der Waals surface area contributed by atoms with E-state index >= 15 is 0 Å². The first kappa shape index (κ1) is 29.9. The molecule has 0 saturated carbocycles. The third kappa shape index (κ3) is 5.75. The summed E-state index contributed by atoms with van der Waals surface area (Å²) < 4.78 is 18.5. The van der Waals surface area contributed by atoms with E-state index in [1.807, 2.05) is 39.0 Å². The molecule has 1 saturated heterocycles. The number of amides is 1. The molecule has 45 heavy (non-hydrogen) atoms. The quantitative estimate of drug-likeness (QED) is 0.242. The maximum absolute atomic E-state index is 13.8. The zero-order valence-electron chi connectivity index (χ0n) is 25.5. The number of likely N-dealkylation sites (tertiary alicyclic amines) is 1. The monoisotopic (exact) mass is 609 g/mol. The summed E-state index contributed by atoms with van der Waals surface area (Å²) >= 11 is 0. The van der Waals surface area contributed by atoms with Crippen LogP contribution in [0.1, 0.15) is 69.9 Å². The van der Waals surface area contributed by atoms with Crippen molar-refractivity contribution >= 4 is 17.7 Å². The molecule has 1 amide bonds. The van der Waals surface area contributed by atoms with E-state index in [4.69, 9.17) is 14.2 Å². The molecule has 0 atom stereocenters. The molecule has 1 aromatic heterocycles. The number of aromatic amines is 1. The Hall–Kier alpha value is -5.12. The maximum Gasteiger partial charge on any atom is 0.335 e. The van der Waals surface area contributed by atoms with Gasteiger partial charge < -0.3 is 24.2 Å². The van der Waals surface area contributed by atoms with Crippen molar-refractivity contribution in [2.24, 2.45) is 0 Å². The van der Waals surface area contributed by atoms with E-state index < -0.39 is 11.6 Å². The molecule has 2 aliphatic rings. The van der Waals surface area contributed by atoms with Crippen LogP contribution in [0.3, 0.4) is 0 Å². The Balaban J connectivity index is 1.22. The van der Waals surface area contributed by atoms with E-state index in [2.05, 4.69) is 10.2 Å². The number of benzene rings is 3. The van der Waals surface area contributed by atoms with Crippen molar-refractivity contribution in [3.8, 4) is 39.5 Å². The molecule has 3 heterocycles. The molecule has 1 fully saturated rings. The molecule has 232 valence electrons. The molecule has 10 heteroatoms. The number of piperidine rings is 1. The Morgan fingerprint density at radius 1 is 0.933 bits per heavy atom. The van der Waals surface area contributed by atoms with Gasteiger partial charge in [-0.2, -0.15) is 5.10 Å². The smallest absolute Gasteiger partial charge is 0.335 e. The number of ketones is 1. The van der Waals surface area contributed by atoms with Gasteiger partial charge in [-0.05, 0) is 68.3 Å². The standard InChI is InChI=1S/C35H35N3O7/c1-4-43-30-17-25(18-31(44-5-2)32(30)22-6-8-23(9-7-22)34(41)42)33(40)38-14-12-35(13-15-38)19-28(39)26-16-24(10-11-29(26)45-35)27-20-36-37-21(27)3/h6-11,16-18,20H,4-5,12-15,19H2,1-3H3,(H,36,37)(H,41,42). The van der Waals surface area contributed by atoms with Crippen molar-refractivity contribution < 1.29 is 33.7 Å². The van der Waals surface area contributed by atoms with Crippen molar-refractivity contribution in [1.82, 2.24) is 15.1 Å². The Labute approximate surface area is 260 Å². The predicted octanol–water partition coefficient (Wildman–Crippen LogP) is 6.19. The minimum Gasteiger partial charge on any atom is -0.493 e. The molecule has 0 bridgehead atoms. The minimum atomic E-state index is -1.01. The Bertz CT molecular complexity index is 1740. The van der Waals surface area contributed by atoms with Gasteiger partial charge in [0.1, 0.15) is 22.8 Å². The number of Topliss-reactive ketones (excluding diaryl/α,β-unsaturated/α-hetero) is 1. The number of hydrogen-bond acceptors (Lipinski definition) is 7. The van der Waals surface area contributed by atoms with Gasteiger partial charge in [0.15, 0.2) is 5.78 Å². The molecule has 4 aromatic rings. The molecule has 3 aromatic carbocycles. The fourth-order valence-electron chi connectivity index (χ4n) is 6.20. The van der Waals surface area contributed by atoms with Crippen LogP contribution in [0.5, 0.6) is 17.2 Å². The number of nitrogens with one attached hydrogen (secondary N) is 1. The van der Waals surface area contributed by atoms with Crippen LogP contribution in [-0.2, 0) is 0 Å². The van der Waals surface area contributed by atoms with E-state index in [9.17, 15) is 19.5 Å². The van der Waals surface area contributed by atoms with E-state index in [0.717, 1.165) is 22.4 Å². The van der Waals surface area contributed by atoms with Crippen LogP contribution in [0.25, 0.3) is 22.3 Å². The molecular formula is C35H35N3O7. The highest BCUT2D eigenvalue weighted by Gasteiger charge is 2.44. The second-order valence-electron chi connectivity index (χ2n) is 11.4. The van der Waals surface area contributed by atoms with Crippen LogP contribution in [-0.4, -0.2) is 69.8 Å². The molecule has 6 rings (SSSR count). The molecule has 0 aliphatic carbocycles. The van der Waals surface area contributed by atoms with Gasteiger partial charge >= 0.3 is 5.97 Å². The van der Waals surface area contributed by atoms with Crippen molar-refractivity contribution in [2.75, 3.05) is 26.3 Å². The van der Waals surface area contributed by atoms with Gasteiger partial charge in [-0.25, -0.2) is 4.79 Å². The Kier molecular flexibility index (Phi) is 8.05.